The van der Waals surface area contributed by atoms with E-state index in [0.717, 1.165) is 27.0 Å². The molecule has 0 aliphatic heterocycles. The number of hydrogen-bond donors (Lipinski definition) is 1. The van der Waals surface area contributed by atoms with Crippen molar-refractivity contribution in [2.75, 3.05) is 11.9 Å². The second kappa shape index (κ2) is 6.57. The second-order valence-corrected chi connectivity index (χ2v) is 6.57. The number of esters is 1. The third-order valence-corrected chi connectivity index (χ3v) is 4.81. The predicted octanol–water partition coefficient (Wildman–Crippen LogP) is 4.54. The molecule has 3 aromatic rings. The quantitative estimate of drug-likeness (QED) is 0.706. The number of anilines is 2. The lowest BCUT2D eigenvalue weighted by Crippen LogP contribution is -2.04. The fourth-order valence-corrected chi connectivity index (χ4v) is 3.71. The maximum Gasteiger partial charge on any atom is 0.348 e. The van der Waals surface area contributed by atoms with Crippen molar-refractivity contribution in [2.45, 2.75) is 27.7 Å². The van der Waals surface area contributed by atoms with Crippen molar-refractivity contribution in [1.82, 2.24) is 9.97 Å². The molecule has 0 atom stereocenters. The first-order valence-electron chi connectivity index (χ1n) is 7.78. The minimum Gasteiger partial charge on any atom is -0.462 e. The smallest absolute Gasteiger partial charge is 0.348 e. The zero-order valence-corrected chi connectivity index (χ0v) is 15.0. The molecule has 124 valence electrons. The van der Waals surface area contributed by atoms with Gasteiger partial charge >= 0.3 is 5.97 Å². The molecule has 0 amide bonds. The maximum absolute atomic E-state index is 12.2. The average Bonchev–Trinajstić information content (AvgIpc) is 2.84. The molecule has 0 saturated heterocycles. The molecule has 5 nitrogen and oxygen atoms in total. The van der Waals surface area contributed by atoms with Crippen molar-refractivity contribution in [3.05, 3.63) is 46.1 Å². The first-order chi connectivity index (χ1) is 11.5. The molecule has 1 N–H and O–H groups in total. The Labute approximate surface area is 144 Å². The average molecular weight is 341 g/mol. The Morgan fingerprint density at radius 2 is 2.04 bits per heavy atom. The molecule has 3 rings (SSSR count). The van der Waals surface area contributed by atoms with E-state index in [-0.39, 0.29) is 5.97 Å². The summed E-state index contributed by atoms with van der Waals surface area (Å²) in [6.07, 6.45) is 0. The Balaban J connectivity index is 2.11. The molecule has 0 unspecified atom stereocenters. The monoisotopic (exact) mass is 341 g/mol. The van der Waals surface area contributed by atoms with Crippen LogP contribution in [0.4, 0.5) is 11.5 Å². The van der Waals surface area contributed by atoms with Gasteiger partial charge in [-0.05, 0) is 51.0 Å². The van der Waals surface area contributed by atoms with Gasteiger partial charge in [-0.25, -0.2) is 14.8 Å². The van der Waals surface area contributed by atoms with Crippen LogP contribution < -0.4 is 5.32 Å². The van der Waals surface area contributed by atoms with Crippen LogP contribution in [-0.4, -0.2) is 22.5 Å². The number of rotatable bonds is 4. The van der Waals surface area contributed by atoms with Gasteiger partial charge in [0.25, 0.3) is 0 Å². The fourth-order valence-electron chi connectivity index (χ4n) is 2.59. The molecule has 0 radical (unpaired) electrons. The molecular formula is C18H19N3O2S. The van der Waals surface area contributed by atoms with E-state index in [4.69, 9.17) is 4.74 Å². The molecule has 0 aliphatic carbocycles. The first kappa shape index (κ1) is 16.4. The number of nitrogens with one attached hydrogen (secondary N) is 1. The lowest BCUT2D eigenvalue weighted by molar-refractivity contribution is 0.0531. The van der Waals surface area contributed by atoms with Crippen LogP contribution in [0.2, 0.25) is 0 Å². The predicted molar refractivity (Wildman–Crippen MR) is 97.3 cm³/mol. The standard InChI is InChI=1S/C18H19N3O2S/c1-5-23-18(22)15-11(3)14-16(19-12(4)20-17(14)24-15)21-13-8-6-7-10(2)9-13/h6-9H,5H2,1-4H3,(H,19,20,21). The number of aromatic nitrogens is 2. The SMILES string of the molecule is CCOC(=O)c1sc2nc(C)nc(Nc3cccc(C)c3)c2c1C. The summed E-state index contributed by atoms with van der Waals surface area (Å²) in [4.78, 5) is 22.5. The number of thiophene rings is 1. The van der Waals surface area contributed by atoms with Crippen LogP contribution in [0, 0.1) is 20.8 Å². The molecule has 0 bridgehead atoms. The molecule has 6 heteroatoms. The minimum atomic E-state index is -0.308. The Kier molecular flexibility index (Phi) is 4.49. The molecule has 2 aromatic heterocycles. The van der Waals surface area contributed by atoms with Crippen LogP contribution in [0.5, 0.6) is 0 Å². The minimum absolute atomic E-state index is 0.308. The number of carbonyl (C=O) groups is 1. The van der Waals surface area contributed by atoms with Crippen molar-refractivity contribution in [2.24, 2.45) is 0 Å². The lowest BCUT2D eigenvalue weighted by atomic mass is 10.2. The summed E-state index contributed by atoms with van der Waals surface area (Å²) in [6, 6.07) is 8.08. The summed E-state index contributed by atoms with van der Waals surface area (Å²) in [5, 5.41) is 4.23. The molecule has 24 heavy (non-hydrogen) atoms. The number of carbonyl (C=O) groups excluding carboxylic acids is 1. The van der Waals surface area contributed by atoms with E-state index in [1.54, 1.807) is 6.92 Å². The van der Waals surface area contributed by atoms with Gasteiger partial charge in [0.05, 0.1) is 12.0 Å². The van der Waals surface area contributed by atoms with Crippen molar-refractivity contribution in [3.63, 3.8) is 0 Å². The molecule has 1 aromatic carbocycles. The normalized spacial score (nSPS) is 10.8. The van der Waals surface area contributed by atoms with Crippen LogP contribution in [0.1, 0.15) is 33.5 Å². The van der Waals surface area contributed by atoms with Crippen molar-refractivity contribution < 1.29 is 9.53 Å². The van der Waals surface area contributed by atoms with Gasteiger partial charge < -0.3 is 10.1 Å². The van der Waals surface area contributed by atoms with Gasteiger partial charge in [-0.2, -0.15) is 0 Å². The van der Waals surface area contributed by atoms with Gasteiger partial charge in [-0.15, -0.1) is 11.3 Å². The van der Waals surface area contributed by atoms with E-state index in [2.05, 4.69) is 21.4 Å². The zero-order valence-electron chi connectivity index (χ0n) is 14.1. The van der Waals surface area contributed by atoms with Gasteiger partial charge in [-0.1, -0.05) is 12.1 Å². The van der Waals surface area contributed by atoms with Crippen molar-refractivity contribution >= 4 is 39.0 Å². The van der Waals surface area contributed by atoms with Crippen LogP contribution in [0.25, 0.3) is 10.2 Å². The topological polar surface area (TPSA) is 64.1 Å². The Morgan fingerprint density at radius 3 is 2.75 bits per heavy atom. The van der Waals surface area contributed by atoms with E-state index in [9.17, 15) is 4.79 Å². The summed E-state index contributed by atoms with van der Waals surface area (Å²) in [5.41, 5.74) is 2.97. The van der Waals surface area contributed by atoms with Crippen molar-refractivity contribution in [1.29, 1.82) is 0 Å². The van der Waals surface area contributed by atoms with Crippen molar-refractivity contribution in [3.8, 4) is 0 Å². The highest BCUT2D eigenvalue weighted by Gasteiger charge is 2.21. The number of aryl methyl sites for hydroxylation is 3. The highest BCUT2D eigenvalue weighted by atomic mass is 32.1. The third kappa shape index (κ3) is 3.10. The number of ether oxygens (including phenoxy) is 1. The van der Waals surface area contributed by atoms with E-state index < -0.39 is 0 Å². The molecule has 0 saturated carbocycles. The zero-order chi connectivity index (χ0) is 17.3. The van der Waals surface area contributed by atoms with Gasteiger partial charge in [0.2, 0.25) is 0 Å². The second-order valence-electron chi connectivity index (χ2n) is 5.57. The van der Waals surface area contributed by atoms with Crippen LogP contribution in [-0.2, 0) is 4.74 Å². The highest BCUT2D eigenvalue weighted by Crippen LogP contribution is 2.35. The molecular weight excluding hydrogens is 322 g/mol. The summed E-state index contributed by atoms with van der Waals surface area (Å²) >= 11 is 1.35. The number of nitrogens with zero attached hydrogens (tertiary/aromatic N) is 2. The molecule has 0 aliphatic rings. The van der Waals surface area contributed by atoms with E-state index in [0.29, 0.717) is 23.1 Å². The highest BCUT2D eigenvalue weighted by molar-refractivity contribution is 7.20. The number of fused-ring (bicyclic) bond motifs is 1. The van der Waals surface area contributed by atoms with E-state index in [1.807, 2.05) is 39.0 Å². The van der Waals surface area contributed by atoms with E-state index >= 15 is 0 Å². The largest absolute Gasteiger partial charge is 0.462 e. The van der Waals surface area contributed by atoms with Gasteiger partial charge in [-0.3, -0.25) is 0 Å². The van der Waals surface area contributed by atoms with Gasteiger partial charge in [0.15, 0.2) is 0 Å². The van der Waals surface area contributed by atoms with Crippen LogP contribution in [0.3, 0.4) is 0 Å². The lowest BCUT2D eigenvalue weighted by Gasteiger charge is -2.09. The fraction of sp³-hybridized carbons (Fsp3) is 0.278. The first-order valence-corrected chi connectivity index (χ1v) is 8.59. The molecule has 0 fully saturated rings. The summed E-state index contributed by atoms with van der Waals surface area (Å²) < 4.78 is 5.15. The molecule has 0 spiro atoms. The van der Waals surface area contributed by atoms with Gasteiger partial charge in [0.1, 0.15) is 21.3 Å². The molecule has 2 heterocycles. The Bertz CT molecular complexity index is 918. The summed E-state index contributed by atoms with van der Waals surface area (Å²) in [6.45, 7) is 7.95. The Morgan fingerprint density at radius 1 is 1.25 bits per heavy atom. The third-order valence-electron chi connectivity index (χ3n) is 3.64. The Hall–Kier alpha value is -2.47. The summed E-state index contributed by atoms with van der Waals surface area (Å²) in [7, 11) is 0. The maximum atomic E-state index is 12.2. The number of benzene rings is 1. The van der Waals surface area contributed by atoms with Gasteiger partial charge in [0, 0.05) is 5.69 Å². The van der Waals surface area contributed by atoms with Crippen LogP contribution >= 0.6 is 11.3 Å². The number of hydrogen-bond acceptors (Lipinski definition) is 6. The van der Waals surface area contributed by atoms with E-state index in [1.165, 1.54) is 11.3 Å². The summed E-state index contributed by atoms with van der Waals surface area (Å²) in [5.74, 6) is 1.07. The van der Waals surface area contributed by atoms with Crippen LogP contribution in [0.15, 0.2) is 24.3 Å².